The summed E-state index contributed by atoms with van der Waals surface area (Å²) in [5.74, 6) is 0.171. The van der Waals surface area contributed by atoms with Crippen molar-refractivity contribution in [1.82, 2.24) is 5.32 Å². The molecule has 0 aromatic rings. The average Bonchev–Trinajstić information content (AvgIpc) is 2.78. The summed E-state index contributed by atoms with van der Waals surface area (Å²) in [7, 11) is 0. The smallest absolute Gasteiger partial charge is 0.381 e. The molecule has 1 saturated carbocycles. The number of ether oxygens (including phenoxy) is 1. The van der Waals surface area contributed by atoms with Gasteiger partial charge in [-0.15, -0.1) is 0 Å². The van der Waals surface area contributed by atoms with Crippen molar-refractivity contribution in [3.8, 4) is 6.07 Å². The molecule has 0 aromatic heterocycles. The Bertz CT molecular complexity index is 327. The summed E-state index contributed by atoms with van der Waals surface area (Å²) in [5.41, 5.74) is -0.511. The van der Waals surface area contributed by atoms with Crippen molar-refractivity contribution in [3.05, 3.63) is 0 Å². The third-order valence-electron chi connectivity index (χ3n) is 3.85. The Hall–Kier alpha value is -0.800. The maximum absolute atomic E-state index is 12.0. The number of nitriles is 1. The van der Waals surface area contributed by atoms with Gasteiger partial charge in [-0.05, 0) is 38.1 Å². The van der Waals surface area contributed by atoms with Crippen LogP contribution in [0, 0.1) is 17.2 Å². The first kappa shape index (κ1) is 17.3. The van der Waals surface area contributed by atoms with Gasteiger partial charge in [-0.25, -0.2) is 0 Å². The van der Waals surface area contributed by atoms with Gasteiger partial charge < -0.3 is 4.74 Å². The van der Waals surface area contributed by atoms with Crippen LogP contribution in [0.4, 0.5) is 13.2 Å². The predicted octanol–water partition coefficient (Wildman–Crippen LogP) is 3.41. The largest absolute Gasteiger partial charge is 0.391 e. The summed E-state index contributed by atoms with van der Waals surface area (Å²) in [6.07, 6.45) is -0.733. The van der Waals surface area contributed by atoms with Crippen molar-refractivity contribution in [3.63, 3.8) is 0 Å². The molecule has 0 saturated heterocycles. The number of halogens is 3. The van der Waals surface area contributed by atoms with Crippen LogP contribution in [-0.2, 0) is 4.74 Å². The fourth-order valence-corrected chi connectivity index (χ4v) is 2.75. The van der Waals surface area contributed by atoms with Crippen LogP contribution in [0.25, 0.3) is 0 Å². The Morgan fingerprint density at radius 1 is 1.40 bits per heavy atom. The van der Waals surface area contributed by atoms with Gasteiger partial charge in [-0.1, -0.05) is 13.3 Å². The highest BCUT2D eigenvalue weighted by atomic mass is 19.4. The molecule has 0 aromatic carbocycles. The lowest BCUT2D eigenvalue weighted by Crippen LogP contribution is -2.47. The van der Waals surface area contributed by atoms with Crippen LogP contribution < -0.4 is 5.32 Å². The van der Waals surface area contributed by atoms with Gasteiger partial charge in [0.15, 0.2) is 0 Å². The molecule has 3 nitrogen and oxygen atoms in total. The Morgan fingerprint density at radius 2 is 2.15 bits per heavy atom. The van der Waals surface area contributed by atoms with E-state index in [1.54, 1.807) is 0 Å². The second kappa shape index (κ2) is 7.84. The van der Waals surface area contributed by atoms with Crippen LogP contribution in [-0.4, -0.2) is 31.5 Å². The van der Waals surface area contributed by atoms with E-state index in [0.29, 0.717) is 6.42 Å². The lowest BCUT2D eigenvalue weighted by molar-refractivity contribution is -0.145. The number of nitrogens with zero attached hydrogens (tertiary/aromatic N) is 1. The number of nitrogens with one attached hydrogen (secondary N) is 1. The van der Waals surface area contributed by atoms with Crippen molar-refractivity contribution in [2.75, 3.05) is 19.8 Å². The highest BCUT2D eigenvalue weighted by molar-refractivity contribution is 5.13. The molecule has 1 aliphatic carbocycles. The van der Waals surface area contributed by atoms with E-state index in [0.717, 1.165) is 32.2 Å². The molecule has 1 aliphatic rings. The molecule has 20 heavy (non-hydrogen) atoms. The molecular weight excluding hydrogens is 269 g/mol. The SMILES string of the molecule is CCCNC1(C#N)CCCC1CCOCCC(F)(F)F. The average molecular weight is 292 g/mol. The summed E-state index contributed by atoms with van der Waals surface area (Å²) >= 11 is 0. The zero-order chi connectivity index (χ0) is 15.1. The van der Waals surface area contributed by atoms with Crippen molar-refractivity contribution in [2.24, 2.45) is 5.92 Å². The van der Waals surface area contributed by atoms with Crippen molar-refractivity contribution >= 4 is 0 Å². The molecule has 2 unspecified atom stereocenters. The van der Waals surface area contributed by atoms with Gasteiger partial charge in [-0.2, -0.15) is 18.4 Å². The molecule has 0 amide bonds. The number of hydrogen-bond donors (Lipinski definition) is 1. The molecular formula is C14H23F3N2O. The summed E-state index contributed by atoms with van der Waals surface area (Å²) in [4.78, 5) is 0. The fraction of sp³-hybridized carbons (Fsp3) is 0.929. The molecule has 6 heteroatoms. The maximum atomic E-state index is 12.0. The molecule has 1 N–H and O–H groups in total. The molecule has 2 atom stereocenters. The van der Waals surface area contributed by atoms with Gasteiger partial charge >= 0.3 is 6.18 Å². The van der Waals surface area contributed by atoms with Crippen molar-refractivity contribution in [2.45, 2.75) is 57.2 Å². The normalized spacial score (nSPS) is 26.6. The summed E-state index contributed by atoms with van der Waals surface area (Å²) < 4.78 is 41.0. The molecule has 0 bridgehead atoms. The minimum Gasteiger partial charge on any atom is -0.381 e. The van der Waals surface area contributed by atoms with Gasteiger partial charge in [0.05, 0.1) is 19.1 Å². The molecule has 0 aliphatic heterocycles. The molecule has 1 fully saturated rings. The number of alkyl halides is 3. The van der Waals surface area contributed by atoms with Crippen molar-refractivity contribution < 1.29 is 17.9 Å². The standard InChI is InChI=1S/C14H23F3N2O/c1-2-8-19-13(11-18)6-3-4-12(13)5-9-20-10-7-14(15,16)17/h12,19H,2-10H2,1H3. The van der Waals surface area contributed by atoms with E-state index in [1.807, 2.05) is 6.92 Å². The Balaban J connectivity index is 2.33. The van der Waals surface area contributed by atoms with Gasteiger partial charge in [0, 0.05) is 6.61 Å². The fourth-order valence-electron chi connectivity index (χ4n) is 2.75. The van der Waals surface area contributed by atoms with Crippen LogP contribution in [0.1, 0.15) is 45.4 Å². The lowest BCUT2D eigenvalue weighted by atomic mass is 9.86. The second-order valence-electron chi connectivity index (χ2n) is 5.37. The third-order valence-corrected chi connectivity index (χ3v) is 3.85. The first-order valence-corrected chi connectivity index (χ1v) is 7.24. The van der Waals surface area contributed by atoms with Crippen LogP contribution in [0.5, 0.6) is 0 Å². The number of hydrogen-bond acceptors (Lipinski definition) is 3. The minimum absolute atomic E-state index is 0.171. The summed E-state index contributed by atoms with van der Waals surface area (Å²) in [5, 5.41) is 12.7. The highest BCUT2D eigenvalue weighted by Gasteiger charge is 2.42. The van der Waals surface area contributed by atoms with Gasteiger partial charge in [-0.3, -0.25) is 5.32 Å². The van der Waals surface area contributed by atoms with Gasteiger partial charge in [0.25, 0.3) is 0 Å². The topological polar surface area (TPSA) is 45.0 Å². The zero-order valence-electron chi connectivity index (χ0n) is 11.9. The highest BCUT2D eigenvalue weighted by Crippen LogP contribution is 2.37. The molecule has 1 rings (SSSR count). The Kier molecular flexibility index (Phi) is 6.77. The van der Waals surface area contributed by atoms with Crippen molar-refractivity contribution in [1.29, 1.82) is 5.26 Å². The van der Waals surface area contributed by atoms with E-state index >= 15 is 0 Å². The number of rotatable bonds is 8. The minimum atomic E-state index is -4.16. The van der Waals surface area contributed by atoms with Crippen LogP contribution in [0.3, 0.4) is 0 Å². The van der Waals surface area contributed by atoms with Crippen LogP contribution >= 0.6 is 0 Å². The third kappa shape index (κ3) is 5.29. The summed E-state index contributed by atoms with van der Waals surface area (Å²) in [6, 6.07) is 2.38. The van der Waals surface area contributed by atoms with E-state index in [-0.39, 0.29) is 19.1 Å². The maximum Gasteiger partial charge on any atom is 0.391 e. The quantitative estimate of drug-likeness (QED) is 0.697. The lowest BCUT2D eigenvalue weighted by Gasteiger charge is -2.30. The zero-order valence-corrected chi connectivity index (χ0v) is 11.9. The van der Waals surface area contributed by atoms with Gasteiger partial charge in [0.1, 0.15) is 5.54 Å². The first-order valence-electron chi connectivity index (χ1n) is 7.24. The Morgan fingerprint density at radius 3 is 2.75 bits per heavy atom. The second-order valence-corrected chi connectivity index (χ2v) is 5.37. The molecule has 0 spiro atoms. The van der Waals surface area contributed by atoms with E-state index < -0.39 is 18.1 Å². The monoisotopic (exact) mass is 292 g/mol. The molecule has 0 heterocycles. The summed E-state index contributed by atoms with van der Waals surface area (Å²) in [6.45, 7) is 2.83. The Labute approximate surface area is 118 Å². The van der Waals surface area contributed by atoms with Crippen LogP contribution in [0.15, 0.2) is 0 Å². The van der Waals surface area contributed by atoms with E-state index in [9.17, 15) is 18.4 Å². The molecule has 116 valence electrons. The predicted molar refractivity (Wildman–Crippen MR) is 70.1 cm³/mol. The van der Waals surface area contributed by atoms with E-state index in [4.69, 9.17) is 4.74 Å². The first-order chi connectivity index (χ1) is 9.43. The van der Waals surface area contributed by atoms with Crippen LogP contribution in [0.2, 0.25) is 0 Å². The van der Waals surface area contributed by atoms with Gasteiger partial charge in [0.2, 0.25) is 0 Å². The van der Waals surface area contributed by atoms with E-state index in [1.165, 1.54) is 0 Å². The molecule has 0 radical (unpaired) electrons. The van der Waals surface area contributed by atoms with E-state index in [2.05, 4.69) is 11.4 Å².